The van der Waals surface area contributed by atoms with Gasteiger partial charge in [-0.05, 0) is 12.1 Å². The first-order chi connectivity index (χ1) is 14.6. The number of hydrogen-bond acceptors (Lipinski definition) is 10. The number of phenolic OH excluding ortho intramolecular Hbond substituents is 8. The first-order valence-corrected chi connectivity index (χ1v) is 8.98. The molecule has 0 aromatic heterocycles. The highest BCUT2D eigenvalue weighted by molar-refractivity contribution is 5.62. The number of phenols is 8. The fourth-order valence-electron chi connectivity index (χ4n) is 3.86. The summed E-state index contributed by atoms with van der Waals surface area (Å²) in [6.45, 7) is 0. The van der Waals surface area contributed by atoms with Crippen LogP contribution in [0.25, 0.3) is 0 Å². The molecule has 3 aromatic carbocycles. The van der Waals surface area contributed by atoms with E-state index in [9.17, 15) is 46.0 Å². The quantitative estimate of drug-likeness (QED) is 0.272. The lowest BCUT2D eigenvalue weighted by Gasteiger charge is -2.38. The number of hydrogen-bond donors (Lipinski definition) is 9. The molecule has 3 atom stereocenters. The molecular formula is C21H18O10. The summed E-state index contributed by atoms with van der Waals surface area (Å²) in [5, 5.41) is 91.1. The molecule has 0 spiro atoms. The second-order valence-corrected chi connectivity index (χ2v) is 7.19. The van der Waals surface area contributed by atoms with Crippen LogP contribution >= 0.6 is 0 Å². The van der Waals surface area contributed by atoms with Crippen molar-refractivity contribution in [1.29, 1.82) is 0 Å². The highest BCUT2D eigenvalue weighted by atomic mass is 16.5. The largest absolute Gasteiger partial charge is 0.508 e. The van der Waals surface area contributed by atoms with Crippen LogP contribution in [-0.4, -0.2) is 52.1 Å². The van der Waals surface area contributed by atoms with Crippen molar-refractivity contribution >= 4 is 0 Å². The SMILES string of the molecule is Oc1cc(O)c([C@H]2c3c(O)cc(O)cc3O[C@H](c3cc(O)c(O)c(O)c3)[C@@H]2O)c(O)c1. The molecule has 0 saturated heterocycles. The van der Waals surface area contributed by atoms with Gasteiger partial charge in [0.2, 0.25) is 0 Å². The Balaban J connectivity index is 1.96. The fourth-order valence-corrected chi connectivity index (χ4v) is 3.86. The van der Waals surface area contributed by atoms with Crippen LogP contribution in [0.3, 0.4) is 0 Å². The number of aliphatic hydroxyl groups is 1. The van der Waals surface area contributed by atoms with Crippen molar-refractivity contribution < 1.29 is 50.7 Å². The fraction of sp³-hybridized carbons (Fsp3) is 0.143. The van der Waals surface area contributed by atoms with Crippen molar-refractivity contribution in [2.45, 2.75) is 18.1 Å². The number of fused-ring (bicyclic) bond motifs is 1. The molecule has 1 aliphatic rings. The third-order valence-corrected chi connectivity index (χ3v) is 5.17. The van der Waals surface area contributed by atoms with Crippen molar-refractivity contribution in [2.24, 2.45) is 0 Å². The van der Waals surface area contributed by atoms with Crippen LogP contribution in [0.1, 0.15) is 28.7 Å². The van der Waals surface area contributed by atoms with Gasteiger partial charge in [-0.3, -0.25) is 0 Å². The van der Waals surface area contributed by atoms with Gasteiger partial charge in [0.25, 0.3) is 0 Å². The smallest absolute Gasteiger partial charge is 0.200 e. The van der Waals surface area contributed by atoms with E-state index < -0.39 is 58.4 Å². The number of ether oxygens (including phenoxy) is 1. The minimum absolute atomic E-state index is 0.0107. The van der Waals surface area contributed by atoms with Crippen LogP contribution < -0.4 is 4.74 Å². The van der Waals surface area contributed by atoms with E-state index in [0.29, 0.717) is 0 Å². The third kappa shape index (κ3) is 3.19. The molecule has 10 heteroatoms. The molecule has 10 nitrogen and oxygen atoms in total. The Morgan fingerprint density at radius 1 is 0.581 bits per heavy atom. The molecule has 3 aromatic rings. The van der Waals surface area contributed by atoms with Crippen LogP contribution in [-0.2, 0) is 0 Å². The normalized spacial score (nSPS) is 20.1. The Kier molecular flexibility index (Phi) is 4.51. The maximum Gasteiger partial charge on any atom is 0.200 e. The van der Waals surface area contributed by atoms with Crippen molar-refractivity contribution in [3.05, 3.63) is 53.1 Å². The molecule has 9 N–H and O–H groups in total. The van der Waals surface area contributed by atoms with E-state index in [1.165, 1.54) is 0 Å². The first kappa shape index (κ1) is 20.1. The average molecular weight is 430 g/mol. The Morgan fingerprint density at radius 2 is 1.06 bits per heavy atom. The Morgan fingerprint density at radius 3 is 1.61 bits per heavy atom. The molecule has 4 rings (SSSR count). The van der Waals surface area contributed by atoms with E-state index in [1.807, 2.05) is 0 Å². The van der Waals surface area contributed by atoms with E-state index in [4.69, 9.17) is 4.74 Å². The van der Waals surface area contributed by atoms with Gasteiger partial charge in [0.15, 0.2) is 23.4 Å². The molecule has 1 aliphatic heterocycles. The van der Waals surface area contributed by atoms with Gasteiger partial charge in [-0.15, -0.1) is 0 Å². The van der Waals surface area contributed by atoms with E-state index in [1.54, 1.807) is 0 Å². The lowest BCUT2D eigenvalue weighted by molar-refractivity contribution is 0.00634. The molecule has 0 amide bonds. The molecule has 0 unspecified atom stereocenters. The van der Waals surface area contributed by atoms with Crippen LogP contribution in [0, 0.1) is 0 Å². The Bertz CT molecular complexity index is 1140. The average Bonchev–Trinajstić information content (AvgIpc) is 2.66. The van der Waals surface area contributed by atoms with E-state index in [-0.39, 0.29) is 28.2 Å². The molecule has 0 aliphatic carbocycles. The van der Waals surface area contributed by atoms with Crippen molar-refractivity contribution in [3.8, 4) is 51.7 Å². The minimum Gasteiger partial charge on any atom is -0.508 e. The van der Waals surface area contributed by atoms with Gasteiger partial charge in [-0.1, -0.05) is 0 Å². The Hall–Kier alpha value is -4.18. The predicted octanol–water partition coefficient (Wildman–Crippen LogP) is 1.96. The van der Waals surface area contributed by atoms with Gasteiger partial charge in [-0.2, -0.15) is 0 Å². The van der Waals surface area contributed by atoms with Gasteiger partial charge in [-0.25, -0.2) is 0 Å². The van der Waals surface area contributed by atoms with Crippen LogP contribution in [0.4, 0.5) is 0 Å². The zero-order chi connectivity index (χ0) is 22.6. The molecule has 1 heterocycles. The summed E-state index contributed by atoms with van der Waals surface area (Å²) in [6.07, 6.45) is -2.96. The first-order valence-electron chi connectivity index (χ1n) is 8.98. The summed E-state index contributed by atoms with van der Waals surface area (Å²) >= 11 is 0. The highest BCUT2D eigenvalue weighted by Crippen LogP contribution is 2.54. The third-order valence-electron chi connectivity index (χ3n) is 5.17. The number of aliphatic hydroxyl groups excluding tert-OH is 1. The molecule has 0 fully saturated rings. The zero-order valence-electron chi connectivity index (χ0n) is 15.6. The van der Waals surface area contributed by atoms with Gasteiger partial charge in [0.05, 0.1) is 5.92 Å². The topological polar surface area (TPSA) is 191 Å². The summed E-state index contributed by atoms with van der Waals surface area (Å²) in [7, 11) is 0. The lowest BCUT2D eigenvalue weighted by atomic mass is 9.79. The predicted molar refractivity (Wildman–Crippen MR) is 104 cm³/mol. The molecule has 0 bridgehead atoms. The molecule has 0 saturated carbocycles. The minimum atomic E-state index is -1.62. The zero-order valence-corrected chi connectivity index (χ0v) is 15.6. The van der Waals surface area contributed by atoms with Crippen molar-refractivity contribution in [3.63, 3.8) is 0 Å². The summed E-state index contributed by atoms with van der Waals surface area (Å²) in [5.41, 5.74) is -0.297. The summed E-state index contributed by atoms with van der Waals surface area (Å²) in [4.78, 5) is 0. The Labute approximate surface area is 174 Å². The van der Waals surface area contributed by atoms with E-state index in [0.717, 1.165) is 36.4 Å². The van der Waals surface area contributed by atoms with Crippen LogP contribution in [0.5, 0.6) is 51.7 Å². The van der Waals surface area contributed by atoms with Crippen LogP contribution in [0.2, 0.25) is 0 Å². The number of rotatable bonds is 2. The highest BCUT2D eigenvalue weighted by Gasteiger charge is 2.44. The lowest BCUT2D eigenvalue weighted by Crippen LogP contribution is -2.35. The maximum atomic E-state index is 11.1. The molecule has 31 heavy (non-hydrogen) atoms. The molecular weight excluding hydrogens is 412 g/mol. The number of aromatic hydroxyl groups is 8. The summed E-state index contributed by atoms with van der Waals surface area (Å²) < 4.78 is 5.71. The van der Waals surface area contributed by atoms with Gasteiger partial charge >= 0.3 is 0 Å². The van der Waals surface area contributed by atoms with Crippen molar-refractivity contribution in [2.75, 3.05) is 0 Å². The standard InChI is InChI=1S/C21H18O10/c22-8-3-10(24)16(11(25)4-8)18-17-12(26)5-9(23)6-15(17)31-21(20(18)30)7-1-13(27)19(29)14(28)2-7/h1-6,18,20-30H/t18-,20+,21+/m0/s1. The van der Waals surface area contributed by atoms with Crippen LogP contribution in [0.15, 0.2) is 36.4 Å². The van der Waals surface area contributed by atoms with Gasteiger partial charge in [0, 0.05) is 41.0 Å². The summed E-state index contributed by atoms with van der Waals surface area (Å²) in [5.74, 6) is -6.10. The van der Waals surface area contributed by atoms with Crippen molar-refractivity contribution in [1.82, 2.24) is 0 Å². The monoisotopic (exact) mass is 430 g/mol. The number of benzene rings is 3. The van der Waals surface area contributed by atoms with Gasteiger partial charge < -0.3 is 50.7 Å². The second kappa shape index (κ2) is 6.96. The molecule has 162 valence electrons. The summed E-state index contributed by atoms with van der Waals surface area (Å²) in [6, 6.07) is 6.04. The van der Waals surface area contributed by atoms with Gasteiger partial charge in [0.1, 0.15) is 40.6 Å². The molecule has 0 radical (unpaired) electrons. The van der Waals surface area contributed by atoms with E-state index in [2.05, 4.69) is 0 Å². The maximum absolute atomic E-state index is 11.1. The van der Waals surface area contributed by atoms with E-state index >= 15 is 0 Å². The second-order valence-electron chi connectivity index (χ2n) is 7.19.